The van der Waals surface area contributed by atoms with E-state index in [1.165, 1.54) is 0 Å². The molecular formula is C14H23N3O2. The molecule has 5 heteroatoms. The third-order valence-corrected chi connectivity index (χ3v) is 3.05. The Hall–Kier alpha value is -1.36. The summed E-state index contributed by atoms with van der Waals surface area (Å²) in [6.07, 6.45) is 3.11. The molecule has 1 fully saturated rings. The first-order valence-corrected chi connectivity index (χ1v) is 7.10. The molecule has 1 aliphatic heterocycles. The topological polar surface area (TPSA) is 56.3 Å². The number of rotatable bonds is 7. The molecule has 2 rings (SSSR count). The Morgan fingerprint density at radius 1 is 1.26 bits per heavy atom. The standard InChI is InChI=1S/C14H23N3O2/c1-4-6-12-16-13(15-7-5-2)10(3)14(17-12)19-11-8-18-9-11/h11H,4-9H2,1-3H3,(H,15,16,17). The fraction of sp³-hybridized carbons (Fsp3) is 0.714. The van der Waals surface area contributed by atoms with Crippen molar-refractivity contribution in [3.63, 3.8) is 0 Å². The van der Waals surface area contributed by atoms with E-state index in [0.717, 1.165) is 43.0 Å². The molecule has 1 aliphatic rings. The van der Waals surface area contributed by atoms with Crippen molar-refractivity contribution in [2.45, 2.75) is 46.1 Å². The first-order valence-electron chi connectivity index (χ1n) is 7.10. The zero-order valence-corrected chi connectivity index (χ0v) is 12.0. The minimum absolute atomic E-state index is 0.141. The number of aryl methyl sites for hydroxylation is 1. The molecule has 0 amide bonds. The van der Waals surface area contributed by atoms with Gasteiger partial charge < -0.3 is 14.8 Å². The monoisotopic (exact) mass is 265 g/mol. The summed E-state index contributed by atoms with van der Waals surface area (Å²) in [7, 11) is 0. The molecule has 1 saturated heterocycles. The van der Waals surface area contributed by atoms with Crippen molar-refractivity contribution in [2.24, 2.45) is 0 Å². The van der Waals surface area contributed by atoms with Crippen molar-refractivity contribution in [3.05, 3.63) is 11.4 Å². The number of anilines is 1. The van der Waals surface area contributed by atoms with Crippen molar-refractivity contribution in [1.29, 1.82) is 0 Å². The molecule has 106 valence electrons. The Balaban J connectivity index is 2.19. The summed E-state index contributed by atoms with van der Waals surface area (Å²) in [5.74, 6) is 2.45. The highest BCUT2D eigenvalue weighted by atomic mass is 16.6. The van der Waals surface area contributed by atoms with E-state index in [-0.39, 0.29) is 6.10 Å². The van der Waals surface area contributed by atoms with Crippen molar-refractivity contribution < 1.29 is 9.47 Å². The second kappa shape index (κ2) is 6.70. The molecular weight excluding hydrogens is 242 g/mol. The molecule has 0 spiro atoms. The fourth-order valence-corrected chi connectivity index (χ4v) is 1.85. The minimum atomic E-state index is 0.141. The molecule has 5 nitrogen and oxygen atoms in total. The summed E-state index contributed by atoms with van der Waals surface area (Å²) in [4.78, 5) is 9.10. The lowest BCUT2D eigenvalue weighted by molar-refractivity contribution is -0.0816. The number of hydrogen-bond acceptors (Lipinski definition) is 5. The number of ether oxygens (including phenoxy) is 2. The lowest BCUT2D eigenvalue weighted by Gasteiger charge is -2.27. The van der Waals surface area contributed by atoms with Crippen LogP contribution in [0.4, 0.5) is 5.82 Å². The van der Waals surface area contributed by atoms with E-state index in [9.17, 15) is 0 Å². The van der Waals surface area contributed by atoms with Crippen molar-refractivity contribution in [2.75, 3.05) is 25.1 Å². The van der Waals surface area contributed by atoms with Crippen LogP contribution in [0.3, 0.4) is 0 Å². The van der Waals surface area contributed by atoms with Crippen LogP contribution in [0.25, 0.3) is 0 Å². The lowest BCUT2D eigenvalue weighted by Crippen LogP contribution is -2.39. The van der Waals surface area contributed by atoms with Crippen LogP contribution in [0, 0.1) is 6.92 Å². The summed E-state index contributed by atoms with van der Waals surface area (Å²) >= 11 is 0. The molecule has 1 aromatic heterocycles. The van der Waals surface area contributed by atoms with Crippen LogP contribution in [0.1, 0.15) is 38.1 Å². The van der Waals surface area contributed by atoms with Gasteiger partial charge in [-0.1, -0.05) is 13.8 Å². The highest BCUT2D eigenvalue weighted by Gasteiger charge is 2.23. The van der Waals surface area contributed by atoms with Crippen LogP contribution in [-0.4, -0.2) is 35.8 Å². The molecule has 0 bridgehead atoms. The van der Waals surface area contributed by atoms with E-state index in [1.807, 2.05) is 6.92 Å². The number of nitrogens with zero attached hydrogens (tertiary/aromatic N) is 2. The van der Waals surface area contributed by atoms with E-state index in [4.69, 9.17) is 9.47 Å². The minimum Gasteiger partial charge on any atom is -0.469 e. The zero-order valence-electron chi connectivity index (χ0n) is 12.0. The molecule has 0 radical (unpaired) electrons. The van der Waals surface area contributed by atoms with E-state index in [0.29, 0.717) is 19.1 Å². The summed E-state index contributed by atoms with van der Waals surface area (Å²) < 4.78 is 11.0. The zero-order chi connectivity index (χ0) is 13.7. The van der Waals surface area contributed by atoms with Gasteiger partial charge in [0.25, 0.3) is 0 Å². The first kappa shape index (κ1) is 14.1. The maximum absolute atomic E-state index is 5.87. The van der Waals surface area contributed by atoms with Crippen molar-refractivity contribution >= 4 is 5.82 Å². The van der Waals surface area contributed by atoms with E-state index in [2.05, 4.69) is 29.1 Å². The van der Waals surface area contributed by atoms with Gasteiger partial charge in [0, 0.05) is 13.0 Å². The van der Waals surface area contributed by atoms with Crippen LogP contribution in [0.2, 0.25) is 0 Å². The summed E-state index contributed by atoms with van der Waals surface area (Å²) in [5, 5.41) is 3.35. The fourth-order valence-electron chi connectivity index (χ4n) is 1.85. The van der Waals surface area contributed by atoms with Crippen LogP contribution < -0.4 is 10.1 Å². The third-order valence-electron chi connectivity index (χ3n) is 3.05. The van der Waals surface area contributed by atoms with Gasteiger partial charge in [0.2, 0.25) is 5.88 Å². The third kappa shape index (κ3) is 3.56. The van der Waals surface area contributed by atoms with Gasteiger partial charge in [-0.05, 0) is 19.8 Å². The van der Waals surface area contributed by atoms with E-state index in [1.54, 1.807) is 0 Å². The number of hydrogen-bond donors (Lipinski definition) is 1. The molecule has 0 unspecified atom stereocenters. The Bertz CT molecular complexity index is 419. The summed E-state index contributed by atoms with van der Waals surface area (Å²) in [6, 6.07) is 0. The molecule has 0 saturated carbocycles. The maximum atomic E-state index is 5.87. The molecule has 0 aliphatic carbocycles. The van der Waals surface area contributed by atoms with Crippen LogP contribution >= 0.6 is 0 Å². The Kier molecular flexibility index (Phi) is 4.96. The lowest BCUT2D eigenvalue weighted by atomic mass is 10.2. The van der Waals surface area contributed by atoms with Gasteiger partial charge in [-0.2, -0.15) is 4.98 Å². The second-order valence-electron chi connectivity index (χ2n) is 4.87. The Morgan fingerprint density at radius 2 is 2.05 bits per heavy atom. The van der Waals surface area contributed by atoms with Gasteiger partial charge in [-0.15, -0.1) is 0 Å². The van der Waals surface area contributed by atoms with Gasteiger partial charge in [-0.25, -0.2) is 4.98 Å². The number of aromatic nitrogens is 2. The molecule has 19 heavy (non-hydrogen) atoms. The smallest absolute Gasteiger partial charge is 0.222 e. The first-order chi connectivity index (χ1) is 9.24. The quantitative estimate of drug-likeness (QED) is 0.820. The van der Waals surface area contributed by atoms with Crippen molar-refractivity contribution in [1.82, 2.24) is 9.97 Å². The van der Waals surface area contributed by atoms with E-state index < -0.39 is 0 Å². The average Bonchev–Trinajstić information content (AvgIpc) is 2.35. The molecule has 1 N–H and O–H groups in total. The van der Waals surface area contributed by atoms with Crippen LogP contribution in [0.5, 0.6) is 5.88 Å². The SMILES string of the molecule is CCCNc1nc(CCC)nc(OC2COC2)c1C. The van der Waals surface area contributed by atoms with Crippen LogP contribution in [-0.2, 0) is 11.2 Å². The summed E-state index contributed by atoms with van der Waals surface area (Å²) in [6.45, 7) is 8.49. The Morgan fingerprint density at radius 3 is 2.63 bits per heavy atom. The second-order valence-corrected chi connectivity index (χ2v) is 4.87. The highest BCUT2D eigenvalue weighted by Crippen LogP contribution is 2.24. The molecule has 0 atom stereocenters. The number of nitrogens with one attached hydrogen (secondary N) is 1. The predicted octanol–water partition coefficient (Wildman–Crippen LogP) is 2.34. The van der Waals surface area contributed by atoms with Gasteiger partial charge in [0.05, 0.1) is 18.8 Å². The maximum Gasteiger partial charge on any atom is 0.222 e. The largest absolute Gasteiger partial charge is 0.469 e. The summed E-state index contributed by atoms with van der Waals surface area (Å²) in [5.41, 5.74) is 0.986. The van der Waals surface area contributed by atoms with Gasteiger partial charge in [0.1, 0.15) is 17.7 Å². The van der Waals surface area contributed by atoms with Crippen LogP contribution in [0.15, 0.2) is 0 Å². The molecule has 0 aromatic carbocycles. The van der Waals surface area contributed by atoms with Crippen molar-refractivity contribution in [3.8, 4) is 5.88 Å². The van der Waals surface area contributed by atoms with Gasteiger partial charge in [0.15, 0.2) is 0 Å². The average molecular weight is 265 g/mol. The normalized spacial score (nSPS) is 15.1. The Labute approximate surface area is 114 Å². The highest BCUT2D eigenvalue weighted by molar-refractivity contribution is 5.48. The predicted molar refractivity (Wildman–Crippen MR) is 74.8 cm³/mol. The van der Waals surface area contributed by atoms with Gasteiger partial charge in [-0.3, -0.25) is 0 Å². The van der Waals surface area contributed by atoms with Gasteiger partial charge >= 0.3 is 0 Å². The van der Waals surface area contributed by atoms with E-state index >= 15 is 0 Å². The molecule has 1 aromatic rings. The molecule has 2 heterocycles.